The van der Waals surface area contributed by atoms with Crippen molar-refractivity contribution in [2.45, 2.75) is 19.4 Å². The zero-order valence-corrected chi connectivity index (χ0v) is 15.5. The fourth-order valence-corrected chi connectivity index (χ4v) is 3.20. The zero-order valence-electron chi connectivity index (χ0n) is 13.2. The number of hydrogen-bond donors (Lipinski definition) is 1. The summed E-state index contributed by atoms with van der Waals surface area (Å²) in [6, 6.07) is 12.5. The van der Waals surface area contributed by atoms with Crippen LogP contribution >= 0.6 is 27.5 Å². The van der Waals surface area contributed by atoms with Crippen molar-refractivity contribution in [1.29, 1.82) is 0 Å². The fraction of sp³-hybridized carbons (Fsp3) is 0.167. The van der Waals surface area contributed by atoms with Crippen molar-refractivity contribution < 1.29 is 4.79 Å². The van der Waals surface area contributed by atoms with Crippen LogP contribution in [-0.2, 0) is 11.3 Å². The summed E-state index contributed by atoms with van der Waals surface area (Å²) in [5, 5.41) is 3.82. The molecule has 0 bridgehead atoms. The maximum Gasteiger partial charge on any atom is 0.261 e. The summed E-state index contributed by atoms with van der Waals surface area (Å²) in [5.74, 6) is -0.147. The smallest absolute Gasteiger partial charge is 0.261 e. The van der Waals surface area contributed by atoms with Gasteiger partial charge in [-0.1, -0.05) is 39.7 Å². The molecule has 0 atom stereocenters. The van der Waals surface area contributed by atoms with Gasteiger partial charge in [-0.15, -0.1) is 0 Å². The maximum absolute atomic E-state index is 12.4. The minimum absolute atomic E-state index is 0.0954. The van der Waals surface area contributed by atoms with Crippen molar-refractivity contribution in [1.82, 2.24) is 9.55 Å². The lowest BCUT2D eigenvalue weighted by molar-refractivity contribution is -0.116. The average Bonchev–Trinajstić information content (AvgIpc) is 2.60. The van der Waals surface area contributed by atoms with Gasteiger partial charge in [0.25, 0.3) is 5.56 Å². The Hall–Kier alpha value is -2.18. The SMILES string of the molecule is O=C(CCCn1cnc2ccccc2c1=O)Nc1ccc(Br)cc1Cl. The standard InChI is InChI=1S/C18H15BrClN3O2/c19-12-7-8-16(14(20)10-12)22-17(24)6-3-9-23-11-21-15-5-2-1-4-13(15)18(23)25/h1-2,4-5,7-8,10-11H,3,6,9H2,(H,22,24). The molecule has 0 aliphatic carbocycles. The third kappa shape index (κ3) is 4.27. The predicted molar refractivity (Wildman–Crippen MR) is 103 cm³/mol. The van der Waals surface area contributed by atoms with E-state index >= 15 is 0 Å². The quantitative estimate of drug-likeness (QED) is 0.672. The van der Waals surface area contributed by atoms with Crippen LogP contribution in [0.5, 0.6) is 0 Å². The predicted octanol–water partition coefficient (Wildman–Crippen LogP) is 4.23. The van der Waals surface area contributed by atoms with E-state index in [0.29, 0.717) is 34.6 Å². The normalized spacial score (nSPS) is 10.8. The van der Waals surface area contributed by atoms with Gasteiger partial charge >= 0.3 is 0 Å². The molecule has 0 aliphatic rings. The Bertz CT molecular complexity index is 987. The molecule has 1 heterocycles. The highest BCUT2D eigenvalue weighted by atomic mass is 79.9. The first kappa shape index (κ1) is 17.6. The molecule has 128 valence electrons. The molecule has 1 aromatic heterocycles. The number of aryl methyl sites for hydroxylation is 1. The van der Waals surface area contributed by atoms with E-state index in [1.165, 1.54) is 10.9 Å². The van der Waals surface area contributed by atoms with Crippen LogP contribution in [-0.4, -0.2) is 15.5 Å². The molecular weight excluding hydrogens is 406 g/mol. The van der Waals surface area contributed by atoms with Crippen LogP contribution < -0.4 is 10.9 Å². The Labute approximate surface area is 157 Å². The summed E-state index contributed by atoms with van der Waals surface area (Å²) in [5.41, 5.74) is 1.15. The lowest BCUT2D eigenvalue weighted by Gasteiger charge is -2.09. The summed E-state index contributed by atoms with van der Waals surface area (Å²) in [6.07, 6.45) is 2.33. The van der Waals surface area contributed by atoms with Gasteiger partial charge in [0.05, 0.1) is 27.9 Å². The Morgan fingerprint density at radius 2 is 2.04 bits per heavy atom. The molecule has 3 aromatic rings. The number of carbonyl (C=O) groups excluding carboxylic acids is 1. The molecule has 0 radical (unpaired) electrons. The highest BCUT2D eigenvalue weighted by Gasteiger charge is 2.08. The van der Waals surface area contributed by atoms with Crippen LogP contribution in [0.15, 0.2) is 58.1 Å². The Balaban J connectivity index is 1.60. The highest BCUT2D eigenvalue weighted by molar-refractivity contribution is 9.10. The Morgan fingerprint density at radius 3 is 2.84 bits per heavy atom. The van der Waals surface area contributed by atoms with Crippen LogP contribution in [0.4, 0.5) is 5.69 Å². The molecule has 0 aliphatic heterocycles. The van der Waals surface area contributed by atoms with Gasteiger partial charge in [-0.2, -0.15) is 0 Å². The van der Waals surface area contributed by atoms with Crippen molar-refractivity contribution in [3.8, 4) is 0 Å². The molecule has 1 amide bonds. The van der Waals surface area contributed by atoms with Crippen LogP contribution in [0.1, 0.15) is 12.8 Å². The molecular formula is C18H15BrClN3O2. The number of halogens is 2. The number of carbonyl (C=O) groups is 1. The largest absolute Gasteiger partial charge is 0.325 e. The molecule has 2 aromatic carbocycles. The van der Waals surface area contributed by atoms with E-state index < -0.39 is 0 Å². The van der Waals surface area contributed by atoms with Crippen LogP contribution in [0.3, 0.4) is 0 Å². The topological polar surface area (TPSA) is 64.0 Å². The molecule has 25 heavy (non-hydrogen) atoms. The van der Waals surface area contributed by atoms with Crippen LogP contribution in [0.25, 0.3) is 10.9 Å². The van der Waals surface area contributed by atoms with Gasteiger partial charge in [0, 0.05) is 17.4 Å². The van der Waals surface area contributed by atoms with E-state index in [-0.39, 0.29) is 17.9 Å². The summed E-state index contributed by atoms with van der Waals surface area (Å²) < 4.78 is 2.38. The van der Waals surface area contributed by atoms with E-state index in [2.05, 4.69) is 26.2 Å². The zero-order chi connectivity index (χ0) is 17.8. The number of nitrogens with one attached hydrogen (secondary N) is 1. The molecule has 7 heteroatoms. The van der Waals surface area contributed by atoms with Gasteiger partial charge in [0.15, 0.2) is 0 Å². The second-order valence-corrected chi connectivity index (χ2v) is 6.86. The summed E-state index contributed by atoms with van der Waals surface area (Å²) in [4.78, 5) is 28.7. The first-order valence-electron chi connectivity index (χ1n) is 7.73. The Morgan fingerprint density at radius 1 is 1.24 bits per heavy atom. The van der Waals surface area contributed by atoms with Crippen molar-refractivity contribution in [3.63, 3.8) is 0 Å². The van der Waals surface area contributed by atoms with E-state index in [4.69, 9.17) is 11.6 Å². The van der Waals surface area contributed by atoms with Gasteiger partial charge in [0.2, 0.25) is 5.91 Å². The monoisotopic (exact) mass is 419 g/mol. The number of aromatic nitrogens is 2. The first-order valence-corrected chi connectivity index (χ1v) is 8.91. The maximum atomic E-state index is 12.4. The number of hydrogen-bond acceptors (Lipinski definition) is 3. The average molecular weight is 421 g/mol. The molecule has 0 saturated heterocycles. The van der Waals surface area contributed by atoms with Crippen molar-refractivity contribution in [2.24, 2.45) is 0 Å². The third-order valence-corrected chi connectivity index (χ3v) is 4.55. The van der Waals surface area contributed by atoms with Crippen LogP contribution in [0, 0.1) is 0 Å². The highest BCUT2D eigenvalue weighted by Crippen LogP contribution is 2.25. The van der Waals surface area contributed by atoms with E-state index in [0.717, 1.165) is 4.47 Å². The minimum Gasteiger partial charge on any atom is -0.325 e. The second kappa shape index (κ2) is 7.80. The lowest BCUT2D eigenvalue weighted by atomic mass is 10.2. The van der Waals surface area contributed by atoms with Gasteiger partial charge < -0.3 is 5.32 Å². The van der Waals surface area contributed by atoms with E-state index in [9.17, 15) is 9.59 Å². The van der Waals surface area contributed by atoms with Gasteiger partial charge in [0.1, 0.15) is 0 Å². The van der Waals surface area contributed by atoms with Crippen molar-refractivity contribution in [2.75, 3.05) is 5.32 Å². The number of anilines is 1. The molecule has 0 spiro atoms. The molecule has 0 saturated carbocycles. The third-order valence-electron chi connectivity index (χ3n) is 3.74. The fourth-order valence-electron chi connectivity index (χ4n) is 2.48. The summed E-state index contributed by atoms with van der Waals surface area (Å²) in [7, 11) is 0. The second-order valence-electron chi connectivity index (χ2n) is 5.54. The van der Waals surface area contributed by atoms with Crippen molar-refractivity contribution >= 4 is 50.0 Å². The summed E-state index contributed by atoms with van der Waals surface area (Å²) >= 11 is 9.40. The number of para-hydroxylation sites is 1. The van der Waals surface area contributed by atoms with Crippen LogP contribution in [0.2, 0.25) is 5.02 Å². The number of benzene rings is 2. The lowest BCUT2D eigenvalue weighted by Crippen LogP contribution is -2.21. The summed E-state index contributed by atoms with van der Waals surface area (Å²) in [6.45, 7) is 0.429. The Kier molecular flexibility index (Phi) is 5.50. The van der Waals surface area contributed by atoms with Crippen molar-refractivity contribution in [3.05, 3.63) is 68.6 Å². The first-order chi connectivity index (χ1) is 12.0. The molecule has 5 nitrogen and oxygen atoms in total. The van der Waals surface area contributed by atoms with Gasteiger partial charge in [-0.25, -0.2) is 4.98 Å². The number of fused-ring (bicyclic) bond motifs is 1. The number of nitrogens with zero attached hydrogens (tertiary/aromatic N) is 2. The van der Waals surface area contributed by atoms with E-state index in [1.807, 2.05) is 18.2 Å². The molecule has 0 fully saturated rings. The van der Waals surface area contributed by atoms with Gasteiger partial charge in [-0.05, 0) is 36.8 Å². The molecule has 0 unspecified atom stereocenters. The molecule has 1 N–H and O–H groups in total. The van der Waals surface area contributed by atoms with E-state index in [1.54, 1.807) is 24.3 Å². The minimum atomic E-state index is -0.147. The number of rotatable bonds is 5. The number of amides is 1. The molecule has 3 rings (SSSR count). The van der Waals surface area contributed by atoms with Gasteiger partial charge in [-0.3, -0.25) is 14.2 Å².